The Bertz CT molecular complexity index is 1650. The van der Waals surface area contributed by atoms with E-state index in [4.69, 9.17) is 64.8 Å². The van der Waals surface area contributed by atoms with E-state index in [0.29, 0.717) is 101 Å². The minimum Gasteiger partial charge on any atom is -0.493 e. The first-order valence-electron chi connectivity index (χ1n) is 24.2. The van der Waals surface area contributed by atoms with Gasteiger partial charge in [0.05, 0.1) is 26.4 Å². The van der Waals surface area contributed by atoms with Crippen molar-refractivity contribution in [2.45, 2.75) is 128 Å². The van der Waals surface area contributed by atoms with Gasteiger partial charge in [0.1, 0.15) is 23.0 Å². The molecule has 16 N–H and O–H groups in total. The van der Waals surface area contributed by atoms with Crippen LogP contribution in [-0.4, -0.2) is 52.6 Å². The Balaban J connectivity index is 1.69. The first-order valence-corrected chi connectivity index (χ1v) is 24.2. The van der Waals surface area contributed by atoms with Gasteiger partial charge in [-0.1, -0.05) is 51.4 Å². The number of anilines is 4. The summed E-state index contributed by atoms with van der Waals surface area (Å²) >= 11 is 0. The molecule has 0 amide bonds. The van der Waals surface area contributed by atoms with Crippen LogP contribution in [0.25, 0.3) is 0 Å². The van der Waals surface area contributed by atoms with Crippen molar-refractivity contribution < 1.29 is 18.9 Å². The highest BCUT2D eigenvalue weighted by Gasteiger charge is 2.24. The van der Waals surface area contributed by atoms with Crippen LogP contribution in [0.1, 0.15) is 147 Å². The van der Waals surface area contributed by atoms with E-state index in [-0.39, 0.29) is 0 Å². The molecule has 0 radical (unpaired) electrons. The molecule has 1 aliphatic carbocycles. The van der Waals surface area contributed by atoms with Crippen LogP contribution in [0.5, 0.6) is 23.0 Å². The number of unbranched alkanes of at least 4 members (excludes halogenated alkanes) is 12. The van der Waals surface area contributed by atoms with Crippen molar-refractivity contribution in [1.29, 1.82) is 0 Å². The normalized spacial score (nSPS) is 12.3. The summed E-state index contributed by atoms with van der Waals surface area (Å²) in [5, 5.41) is 0. The predicted molar refractivity (Wildman–Crippen MR) is 267 cm³/mol. The highest BCUT2D eigenvalue weighted by Crippen LogP contribution is 2.42. The van der Waals surface area contributed by atoms with Gasteiger partial charge in [-0.05, 0) is 126 Å². The summed E-state index contributed by atoms with van der Waals surface area (Å²) in [5.74, 6) is 3.25. The van der Waals surface area contributed by atoms with Crippen LogP contribution < -0.4 is 64.8 Å². The molecule has 1 aliphatic rings. The minimum atomic E-state index is 0.490. The zero-order valence-electron chi connectivity index (χ0n) is 38.7. The van der Waals surface area contributed by atoms with Gasteiger partial charge in [-0.15, -0.1) is 0 Å². The van der Waals surface area contributed by atoms with Crippen molar-refractivity contribution in [3.8, 4) is 23.0 Å². The molecule has 8 bridgehead atoms. The zero-order valence-corrected chi connectivity index (χ0v) is 38.7. The topological polar surface area (TPSA) is 245 Å². The zero-order chi connectivity index (χ0) is 45.5. The maximum atomic E-state index is 6.85. The second-order valence-electron chi connectivity index (χ2n) is 17.6. The first-order chi connectivity index (χ1) is 31.2. The molecule has 352 valence electrons. The smallest absolute Gasteiger partial charge is 0.126 e. The van der Waals surface area contributed by atoms with Gasteiger partial charge >= 0.3 is 0 Å². The first kappa shape index (κ1) is 50.1. The van der Waals surface area contributed by atoms with E-state index in [0.717, 1.165) is 170 Å². The van der Waals surface area contributed by atoms with Crippen molar-refractivity contribution in [2.75, 3.05) is 75.5 Å². The third-order valence-corrected chi connectivity index (χ3v) is 12.0. The molecule has 0 aromatic heterocycles. The van der Waals surface area contributed by atoms with E-state index in [1.807, 2.05) is 48.5 Å². The Hall–Kier alpha value is -4.88. The highest BCUT2D eigenvalue weighted by molar-refractivity contribution is 5.64. The average Bonchev–Trinajstić information content (AvgIpc) is 3.25. The van der Waals surface area contributed by atoms with E-state index in [9.17, 15) is 0 Å². The standard InChI is InChI=1S/C52H80N8O4/c53-17-9-1-5-13-21-61-49-37-25-39-31-46(58)33-41(50(39)62-22-14-6-2-10-18-54)27-43-35-48(60)36-44(52(43)64-24-16-8-4-12-20-56)28-42-34-47(59)32-40(26-38(49)30-45(57)29-37)51(42)63-23-15-7-3-11-19-55/h29-36H,1-28,53-60H2. The van der Waals surface area contributed by atoms with Crippen LogP contribution in [0.2, 0.25) is 0 Å². The summed E-state index contributed by atoms with van der Waals surface area (Å²) in [7, 11) is 0. The second-order valence-corrected chi connectivity index (χ2v) is 17.6. The van der Waals surface area contributed by atoms with Crippen molar-refractivity contribution in [3.63, 3.8) is 0 Å². The van der Waals surface area contributed by atoms with E-state index in [2.05, 4.69) is 0 Å². The Labute approximate surface area is 383 Å². The van der Waals surface area contributed by atoms with Crippen molar-refractivity contribution >= 4 is 22.7 Å². The Morgan fingerprint density at radius 3 is 0.609 bits per heavy atom. The second kappa shape index (κ2) is 27.4. The molecule has 12 heteroatoms. The molecule has 0 spiro atoms. The molecule has 64 heavy (non-hydrogen) atoms. The summed E-state index contributed by atoms with van der Waals surface area (Å²) in [6.45, 7) is 5.00. The van der Waals surface area contributed by atoms with Crippen LogP contribution in [0.3, 0.4) is 0 Å². The summed E-state index contributed by atoms with van der Waals surface area (Å²) in [6, 6.07) is 16.2. The van der Waals surface area contributed by atoms with Gasteiger partial charge in [0.2, 0.25) is 0 Å². The number of nitrogens with two attached hydrogens (primary N) is 8. The number of hydrogen-bond acceptors (Lipinski definition) is 12. The lowest BCUT2D eigenvalue weighted by atomic mass is 9.90. The van der Waals surface area contributed by atoms with Gasteiger partial charge in [0.25, 0.3) is 0 Å². The number of nitrogen functional groups attached to an aromatic ring is 4. The summed E-state index contributed by atoms with van der Waals surface area (Å²) in [4.78, 5) is 0. The third-order valence-electron chi connectivity index (χ3n) is 12.0. The molecular formula is C52H80N8O4. The summed E-state index contributed by atoms with van der Waals surface area (Å²) in [6.07, 6.45) is 18.0. The average molecular weight is 881 g/mol. The number of hydrogen-bond donors (Lipinski definition) is 8. The van der Waals surface area contributed by atoms with Crippen LogP contribution in [0.4, 0.5) is 22.7 Å². The molecule has 0 heterocycles. The quantitative estimate of drug-likeness (QED) is 0.0175. The van der Waals surface area contributed by atoms with Gasteiger partial charge in [0.15, 0.2) is 0 Å². The van der Waals surface area contributed by atoms with Gasteiger partial charge in [0, 0.05) is 92.9 Å². The summed E-state index contributed by atoms with van der Waals surface area (Å²) in [5.41, 5.74) is 60.8. The fourth-order valence-electron chi connectivity index (χ4n) is 8.83. The fourth-order valence-corrected chi connectivity index (χ4v) is 8.83. The Morgan fingerprint density at radius 1 is 0.266 bits per heavy atom. The van der Waals surface area contributed by atoms with Gasteiger partial charge < -0.3 is 64.8 Å². The lowest BCUT2D eigenvalue weighted by Crippen LogP contribution is -2.12. The van der Waals surface area contributed by atoms with Gasteiger partial charge in [-0.3, -0.25) is 0 Å². The molecule has 4 aromatic rings. The van der Waals surface area contributed by atoms with Gasteiger partial charge in [-0.25, -0.2) is 0 Å². The Kier molecular flexibility index (Phi) is 21.5. The summed E-state index contributed by atoms with van der Waals surface area (Å²) < 4.78 is 27.4. The van der Waals surface area contributed by atoms with Crippen LogP contribution in [0, 0.1) is 0 Å². The number of ether oxygens (including phenoxy) is 4. The predicted octanol–water partition coefficient (Wildman–Crippen LogP) is 8.28. The molecular weight excluding hydrogens is 801 g/mol. The van der Waals surface area contributed by atoms with Crippen LogP contribution in [-0.2, 0) is 25.7 Å². The van der Waals surface area contributed by atoms with Gasteiger partial charge in [-0.2, -0.15) is 0 Å². The number of benzene rings is 4. The fraction of sp³-hybridized carbons (Fsp3) is 0.538. The molecule has 0 unspecified atom stereocenters. The molecule has 0 saturated carbocycles. The maximum absolute atomic E-state index is 6.85. The van der Waals surface area contributed by atoms with Crippen molar-refractivity contribution in [2.24, 2.45) is 22.9 Å². The van der Waals surface area contributed by atoms with Crippen molar-refractivity contribution in [1.82, 2.24) is 0 Å². The maximum Gasteiger partial charge on any atom is 0.126 e. The van der Waals surface area contributed by atoms with E-state index < -0.39 is 0 Å². The number of rotatable bonds is 28. The lowest BCUT2D eigenvalue weighted by Gasteiger charge is -2.24. The minimum absolute atomic E-state index is 0.490. The largest absolute Gasteiger partial charge is 0.493 e. The molecule has 0 aliphatic heterocycles. The molecule has 12 nitrogen and oxygen atoms in total. The third kappa shape index (κ3) is 15.7. The number of fused-ring (bicyclic) bond motifs is 8. The van der Waals surface area contributed by atoms with Crippen LogP contribution in [0.15, 0.2) is 48.5 Å². The monoisotopic (exact) mass is 881 g/mol. The molecule has 5 rings (SSSR count). The molecule has 4 aromatic carbocycles. The van der Waals surface area contributed by atoms with Crippen LogP contribution >= 0.6 is 0 Å². The molecule has 0 atom stereocenters. The molecule has 0 saturated heterocycles. The Morgan fingerprint density at radius 2 is 0.438 bits per heavy atom. The van der Waals surface area contributed by atoms with E-state index in [1.165, 1.54) is 0 Å². The van der Waals surface area contributed by atoms with E-state index in [1.54, 1.807) is 0 Å². The van der Waals surface area contributed by atoms with E-state index >= 15 is 0 Å². The van der Waals surface area contributed by atoms with Crippen molar-refractivity contribution in [3.05, 3.63) is 93.0 Å². The SMILES string of the molecule is NCCCCCCOc1c2cc(N)cc1Cc1cc(N)cc(c1OCCCCCCN)Cc1cc(N)cc(c1OCCCCCCN)Cc1cc(N)cc(c1OCCCCCCN)C2. The highest BCUT2D eigenvalue weighted by atomic mass is 16.5. The lowest BCUT2D eigenvalue weighted by molar-refractivity contribution is 0.293. The molecule has 0 fully saturated rings.